The molecule has 0 amide bonds. The summed E-state index contributed by atoms with van der Waals surface area (Å²) < 4.78 is 12.3. The molecule has 0 radical (unpaired) electrons. The van der Waals surface area contributed by atoms with Crippen molar-refractivity contribution in [3.05, 3.63) is 36.5 Å². The molecule has 108 valence electrons. The number of hydrogen-bond acceptors (Lipinski definition) is 6. The van der Waals surface area contributed by atoms with Crippen molar-refractivity contribution in [2.24, 2.45) is 0 Å². The second-order valence-electron chi connectivity index (χ2n) is 4.44. The number of nitrogens with zero attached hydrogens (tertiary/aromatic N) is 4. The van der Waals surface area contributed by atoms with Gasteiger partial charge in [0.1, 0.15) is 23.7 Å². The average Bonchev–Trinajstić information content (AvgIpc) is 2.95. The minimum atomic E-state index is 0.630. The summed E-state index contributed by atoms with van der Waals surface area (Å²) in [4.78, 5) is 12.8. The first-order chi connectivity index (χ1) is 10.2. The predicted octanol–water partition coefficient (Wildman–Crippen LogP) is 2.19. The van der Waals surface area contributed by atoms with Crippen LogP contribution in [-0.4, -0.2) is 33.6 Å². The lowest BCUT2D eigenvalue weighted by Crippen LogP contribution is -2.04. The standard InChI is InChI=1S/C14H15N5O2/c1-9-16-13-7-15-8-19(13)14(17-9)18-10-4-11(20-2)6-12(5-10)21-3/h4-8H,1-3H3,(H,16,17,18). The zero-order valence-electron chi connectivity index (χ0n) is 12.0. The Kier molecular flexibility index (Phi) is 3.31. The molecule has 2 aromatic heterocycles. The first-order valence-electron chi connectivity index (χ1n) is 6.36. The molecule has 0 saturated carbocycles. The molecule has 0 aliphatic heterocycles. The maximum atomic E-state index is 5.26. The summed E-state index contributed by atoms with van der Waals surface area (Å²) in [6.45, 7) is 1.84. The molecule has 0 spiro atoms. The van der Waals surface area contributed by atoms with Gasteiger partial charge in [-0.2, -0.15) is 4.98 Å². The zero-order valence-corrected chi connectivity index (χ0v) is 12.0. The van der Waals surface area contributed by atoms with E-state index in [1.807, 2.05) is 25.1 Å². The number of imidazole rings is 1. The molecule has 21 heavy (non-hydrogen) atoms. The molecule has 7 nitrogen and oxygen atoms in total. The van der Waals surface area contributed by atoms with Crippen LogP contribution in [0.1, 0.15) is 5.82 Å². The normalized spacial score (nSPS) is 10.6. The van der Waals surface area contributed by atoms with Crippen LogP contribution >= 0.6 is 0 Å². The Morgan fingerprint density at radius 3 is 2.43 bits per heavy atom. The lowest BCUT2D eigenvalue weighted by molar-refractivity contribution is 0.395. The summed E-state index contributed by atoms with van der Waals surface area (Å²) >= 11 is 0. The van der Waals surface area contributed by atoms with E-state index in [0.717, 1.165) is 11.3 Å². The van der Waals surface area contributed by atoms with E-state index in [2.05, 4.69) is 20.3 Å². The van der Waals surface area contributed by atoms with Crippen molar-refractivity contribution in [3.8, 4) is 11.5 Å². The Hall–Kier alpha value is -2.83. The van der Waals surface area contributed by atoms with E-state index in [0.29, 0.717) is 23.3 Å². The molecule has 0 aliphatic carbocycles. The summed E-state index contributed by atoms with van der Waals surface area (Å²) in [6, 6.07) is 5.54. The van der Waals surface area contributed by atoms with E-state index in [1.54, 1.807) is 31.1 Å². The Labute approximate surface area is 121 Å². The number of ether oxygens (including phenoxy) is 2. The molecule has 1 aromatic carbocycles. The zero-order chi connectivity index (χ0) is 14.8. The molecule has 7 heteroatoms. The number of rotatable bonds is 4. The molecule has 0 fully saturated rings. The number of anilines is 2. The molecule has 0 aliphatic rings. The number of hydrogen-bond donors (Lipinski definition) is 1. The second-order valence-corrected chi connectivity index (χ2v) is 4.44. The van der Waals surface area contributed by atoms with Crippen LogP contribution in [0.25, 0.3) is 5.65 Å². The summed E-state index contributed by atoms with van der Waals surface area (Å²) in [7, 11) is 3.23. The van der Waals surface area contributed by atoms with Crippen LogP contribution in [0, 0.1) is 6.92 Å². The molecule has 3 rings (SSSR count). The predicted molar refractivity (Wildman–Crippen MR) is 78.3 cm³/mol. The van der Waals surface area contributed by atoms with E-state index in [-0.39, 0.29) is 0 Å². The number of methoxy groups -OCH3 is 2. The average molecular weight is 285 g/mol. The van der Waals surface area contributed by atoms with Crippen molar-refractivity contribution in [1.82, 2.24) is 19.4 Å². The molecular formula is C14H15N5O2. The minimum Gasteiger partial charge on any atom is -0.497 e. The van der Waals surface area contributed by atoms with Crippen LogP contribution in [0.4, 0.5) is 11.6 Å². The van der Waals surface area contributed by atoms with E-state index in [1.165, 1.54) is 0 Å². The van der Waals surface area contributed by atoms with Crippen molar-refractivity contribution in [1.29, 1.82) is 0 Å². The van der Waals surface area contributed by atoms with Gasteiger partial charge >= 0.3 is 0 Å². The maximum Gasteiger partial charge on any atom is 0.216 e. The number of nitrogens with one attached hydrogen (secondary N) is 1. The van der Waals surface area contributed by atoms with Gasteiger partial charge in [0.25, 0.3) is 0 Å². The van der Waals surface area contributed by atoms with Gasteiger partial charge in [0.05, 0.1) is 20.4 Å². The van der Waals surface area contributed by atoms with Gasteiger partial charge in [-0.1, -0.05) is 0 Å². The highest BCUT2D eigenvalue weighted by Crippen LogP contribution is 2.27. The Bertz CT molecular complexity index is 762. The number of benzene rings is 1. The Morgan fingerprint density at radius 2 is 1.76 bits per heavy atom. The number of aromatic nitrogens is 4. The van der Waals surface area contributed by atoms with Crippen LogP contribution < -0.4 is 14.8 Å². The quantitative estimate of drug-likeness (QED) is 0.792. The lowest BCUT2D eigenvalue weighted by atomic mass is 10.3. The third-order valence-electron chi connectivity index (χ3n) is 3.00. The highest BCUT2D eigenvalue weighted by atomic mass is 16.5. The van der Waals surface area contributed by atoms with Gasteiger partial charge in [-0.05, 0) is 6.92 Å². The van der Waals surface area contributed by atoms with Crippen molar-refractivity contribution < 1.29 is 9.47 Å². The van der Waals surface area contributed by atoms with Gasteiger partial charge in [0.2, 0.25) is 5.95 Å². The Morgan fingerprint density at radius 1 is 1.05 bits per heavy atom. The minimum absolute atomic E-state index is 0.630. The van der Waals surface area contributed by atoms with Gasteiger partial charge < -0.3 is 14.8 Å². The van der Waals surface area contributed by atoms with Crippen molar-refractivity contribution in [2.75, 3.05) is 19.5 Å². The van der Waals surface area contributed by atoms with Gasteiger partial charge in [0, 0.05) is 23.9 Å². The summed E-state index contributed by atoms with van der Waals surface area (Å²) in [5.74, 6) is 2.69. The lowest BCUT2D eigenvalue weighted by Gasteiger charge is -2.11. The molecule has 2 heterocycles. The monoisotopic (exact) mass is 285 g/mol. The van der Waals surface area contributed by atoms with Crippen LogP contribution in [0.3, 0.4) is 0 Å². The van der Waals surface area contributed by atoms with Crippen LogP contribution in [0.15, 0.2) is 30.7 Å². The fourth-order valence-electron chi connectivity index (χ4n) is 2.03. The molecular weight excluding hydrogens is 270 g/mol. The van der Waals surface area contributed by atoms with E-state index in [9.17, 15) is 0 Å². The van der Waals surface area contributed by atoms with Crippen molar-refractivity contribution in [2.45, 2.75) is 6.92 Å². The molecule has 0 saturated heterocycles. The SMILES string of the molecule is COc1cc(Nc2nc(C)nc3cncn23)cc(OC)c1. The fourth-order valence-corrected chi connectivity index (χ4v) is 2.03. The van der Waals surface area contributed by atoms with Crippen LogP contribution in [0.5, 0.6) is 11.5 Å². The smallest absolute Gasteiger partial charge is 0.216 e. The maximum absolute atomic E-state index is 5.26. The molecule has 1 N–H and O–H groups in total. The summed E-state index contributed by atoms with van der Waals surface area (Å²) in [6.07, 6.45) is 3.35. The van der Waals surface area contributed by atoms with E-state index in [4.69, 9.17) is 9.47 Å². The van der Waals surface area contributed by atoms with Crippen LogP contribution in [0.2, 0.25) is 0 Å². The molecule has 0 atom stereocenters. The van der Waals surface area contributed by atoms with Crippen LogP contribution in [-0.2, 0) is 0 Å². The molecule has 0 unspecified atom stereocenters. The number of fused-ring (bicyclic) bond motifs is 1. The highest BCUT2D eigenvalue weighted by molar-refractivity contribution is 5.61. The first kappa shape index (κ1) is 13.2. The highest BCUT2D eigenvalue weighted by Gasteiger charge is 2.08. The van der Waals surface area contributed by atoms with Crippen molar-refractivity contribution >= 4 is 17.3 Å². The molecule has 0 bridgehead atoms. The van der Waals surface area contributed by atoms with Gasteiger partial charge in [0.15, 0.2) is 5.65 Å². The topological polar surface area (TPSA) is 73.6 Å². The number of aryl methyl sites for hydroxylation is 1. The summed E-state index contributed by atoms with van der Waals surface area (Å²) in [5, 5.41) is 3.24. The Balaban J connectivity index is 2.03. The fraction of sp³-hybridized carbons (Fsp3) is 0.214. The third-order valence-corrected chi connectivity index (χ3v) is 3.00. The van der Waals surface area contributed by atoms with Gasteiger partial charge in [-0.15, -0.1) is 0 Å². The van der Waals surface area contributed by atoms with E-state index < -0.39 is 0 Å². The van der Waals surface area contributed by atoms with Gasteiger partial charge in [-0.25, -0.2) is 9.97 Å². The second kappa shape index (κ2) is 5.28. The van der Waals surface area contributed by atoms with E-state index >= 15 is 0 Å². The van der Waals surface area contributed by atoms with Gasteiger partial charge in [-0.3, -0.25) is 4.40 Å². The summed E-state index contributed by atoms with van der Waals surface area (Å²) in [5.41, 5.74) is 1.54. The molecule has 3 aromatic rings. The van der Waals surface area contributed by atoms with Crippen molar-refractivity contribution in [3.63, 3.8) is 0 Å². The largest absolute Gasteiger partial charge is 0.497 e. The third kappa shape index (κ3) is 2.58. The first-order valence-corrected chi connectivity index (χ1v) is 6.36.